The van der Waals surface area contributed by atoms with E-state index in [9.17, 15) is 14.4 Å². The van der Waals surface area contributed by atoms with Crippen molar-refractivity contribution in [2.75, 3.05) is 22.9 Å². The number of aromatic nitrogens is 2. The van der Waals surface area contributed by atoms with Gasteiger partial charge in [-0.2, -0.15) is 5.10 Å². The highest BCUT2D eigenvalue weighted by atomic mass is 16.2. The second-order valence-electron chi connectivity index (χ2n) is 8.90. The molecule has 34 heavy (non-hydrogen) atoms. The Balaban J connectivity index is 1.53. The van der Waals surface area contributed by atoms with Crippen LogP contribution in [0.15, 0.2) is 42.5 Å². The number of piperidine rings is 1. The number of nitrogens with two attached hydrogens (primary N) is 1. The van der Waals surface area contributed by atoms with E-state index in [1.54, 1.807) is 14.5 Å². The van der Waals surface area contributed by atoms with Crippen LogP contribution in [0.4, 0.5) is 11.4 Å². The summed E-state index contributed by atoms with van der Waals surface area (Å²) in [6.07, 6.45) is 2.96. The molecule has 0 radical (unpaired) electrons. The first-order valence-corrected chi connectivity index (χ1v) is 11.6. The Kier molecular flexibility index (Phi) is 5.43. The van der Waals surface area contributed by atoms with E-state index in [1.165, 1.54) is 0 Å². The fourth-order valence-corrected chi connectivity index (χ4v) is 4.83. The van der Waals surface area contributed by atoms with Crippen LogP contribution < -0.4 is 15.5 Å². The third kappa shape index (κ3) is 3.55. The first-order valence-electron chi connectivity index (χ1n) is 11.6. The number of hydrogen-bond acceptors (Lipinski definition) is 4. The van der Waals surface area contributed by atoms with E-state index >= 15 is 0 Å². The average Bonchev–Trinajstić information content (AvgIpc) is 3.22. The lowest BCUT2D eigenvalue weighted by Crippen LogP contribution is -2.39. The van der Waals surface area contributed by atoms with E-state index in [4.69, 9.17) is 5.73 Å². The van der Waals surface area contributed by atoms with Crippen LogP contribution in [0.1, 0.15) is 56.9 Å². The zero-order chi connectivity index (χ0) is 24.0. The number of aryl methyl sites for hydroxylation is 1. The van der Waals surface area contributed by atoms with Gasteiger partial charge in [-0.1, -0.05) is 12.1 Å². The topological polar surface area (TPSA) is 102 Å². The van der Waals surface area contributed by atoms with Crippen molar-refractivity contribution >= 4 is 29.1 Å². The van der Waals surface area contributed by atoms with Crippen molar-refractivity contribution in [1.29, 1.82) is 0 Å². The summed E-state index contributed by atoms with van der Waals surface area (Å²) < 4.78 is 1.56. The van der Waals surface area contributed by atoms with Gasteiger partial charge >= 0.3 is 0 Å². The van der Waals surface area contributed by atoms with Gasteiger partial charge in [0, 0.05) is 36.4 Å². The number of anilines is 2. The van der Waals surface area contributed by atoms with Crippen LogP contribution >= 0.6 is 0 Å². The summed E-state index contributed by atoms with van der Waals surface area (Å²) in [5.74, 6) is -0.741. The Morgan fingerprint density at radius 3 is 2.29 bits per heavy atom. The van der Waals surface area contributed by atoms with Crippen LogP contribution in [-0.2, 0) is 11.2 Å². The zero-order valence-corrected chi connectivity index (χ0v) is 19.4. The number of fused-ring (bicyclic) bond motifs is 1. The molecule has 8 heteroatoms. The summed E-state index contributed by atoms with van der Waals surface area (Å²) in [6, 6.07) is 13.3. The molecule has 1 fully saturated rings. The molecule has 3 amide bonds. The van der Waals surface area contributed by atoms with E-state index in [-0.39, 0.29) is 17.5 Å². The molecule has 2 N–H and O–H groups in total. The van der Waals surface area contributed by atoms with Gasteiger partial charge in [0.1, 0.15) is 5.69 Å². The maximum Gasteiger partial charge on any atom is 0.277 e. The summed E-state index contributed by atoms with van der Waals surface area (Å²) in [7, 11) is 0. The summed E-state index contributed by atoms with van der Waals surface area (Å²) in [5.41, 5.74) is 11.1. The Morgan fingerprint density at radius 2 is 1.62 bits per heavy atom. The van der Waals surface area contributed by atoms with E-state index in [0.717, 1.165) is 47.6 Å². The van der Waals surface area contributed by atoms with Crippen LogP contribution in [0.2, 0.25) is 0 Å². The third-order valence-electron chi connectivity index (χ3n) is 6.85. The van der Waals surface area contributed by atoms with Crippen molar-refractivity contribution in [3.05, 3.63) is 70.5 Å². The molecule has 3 aromatic rings. The van der Waals surface area contributed by atoms with Gasteiger partial charge < -0.3 is 15.5 Å². The smallest absolute Gasteiger partial charge is 0.277 e. The Bertz CT molecular complexity index is 1310. The van der Waals surface area contributed by atoms with Crippen LogP contribution in [-0.4, -0.2) is 40.6 Å². The first kappa shape index (κ1) is 21.9. The lowest BCUT2D eigenvalue weighted by Gasteiger charge is -2.30. The maximum atomic E-state index is 13.7. The minimum Gasteiger partial charge on any atom is -0.364 e. The van der Waals surface area contributed by atoms with Crippen molar-refractivity contribution < 1.29 is 14.4 Å². The molecule has 1 saturated heterocycles. The molecule has 0 unspecified atom stereocenters. The van der Waals surface area contributed by atoms with Crippen molar-refractivity contribution in [1.82, 2.24) is 9.78 Å². The van der Waals surface area contributed by atoms with Gasteiger partial charge in [0.15, 0.2) is 5.69 Å². The van der Waals surface area contributed by atoms with Gasteiger partial charge in [-0.05, 0) is 74.6 Å². The Labute approximate surface area is 197 Å². The number of carbonyl (C=O) groups is 3. The molecule has 0 atom stereocenters. The van der Waals surface area contributed by atoms with Crippen LogP contribution in [0.5, 0.6) is 0 Å². The Morgan fingerprint density at radius 1 is 0.912 bits per heavy atom. The highest BCUT2D eigenvalue weighted by Gasteiger charge is 2.35. The normalized spacial score (nSPS) is 16.1. The SMILES string of the molecule is Cc1cccc(-n2nc(C(N)=O)c3c2C(=O)N(c2ccc(N4CCCCC4=O)cc2)CC3)c1C. The van der Waals surface area contributed by atoms with E-state index in [2.05, 4.69) is 5.10 Å². The van der Waals surface area contributed by atoms with Crippen molar-refractivity contribution in [2.45, 2.75) is 39.5 Å². The first-order chi connectivity index (χ1) is 16.4. The van der Waals surface area contributed by atoms with Gasteiger partial charge in [-0.15, -0.1) is 0 Å². The second kappa shape index (κ2) is 8.44. The molecule has 2 aliphatic rings. The van der Waals surface area contributed by atoms with E-state index in [1.807, 2.05) is 56.3 Å². The molecule has 8 nitrogen and oxygen atoms in total. The van der Waals surface area contributed by atoms with Crippen molar-refractivity contribution in [3.63, 3.8) is 0 Å². The molecule has 174 valence electrons. The highest BCUT2D eigenvalue weighted by Crippen LogP contribution is 2.31. The molecular weight excluding hydrogens is 430 g/mol. The molecule has 2 aliphatic heterocycles. The molecular formula is C26H27N5O3. The van der Waals surface area contributed by atoms with Gasteiger partial charge in [-0.25, -0.2) is 4.68 Å². The fraction of sp³-hybridized carbons (Fsp3) is 0.308. The number of rotatable bonds is 4. The number of carbonyl (C=O) groups excluding carboxylic acids is 3. The summed E-state index contributed by atoms with van der Waals surface area (Å²) in [4.78, 5) is 41.6. The van der Waals surface area contributed by atoms with E-state index in [0.29, 0.717) is 30.6 Å². The molecule has 2 aromatic carbocycles. The molecule has 5 rings (SSSR count). The average molecular weight is 458 g/mol. The van der Waals surface area contributed by atoms with Crippen molar-refractivity contribution in [3.8, 4) is 5.69 Å². The van der Waals surface area contributed by atoms with Crippen LogP contribution in [0, 0.1) is 13.8 Å². The number of nitrogens with zero attached hydrogens (tertiary/aromatic N) is 4. The second-order valence-corrected chi connectivity index (χ2v) is 8.90. The van der Waals surface area contributed by atoms with E-state index < -0.39 is 5.91 Å². The molecule has 0 spiro atoms. The minimum atomic E-state index is -0.642. The molecule has 0 saturated carbocycles. The van der Waals surface area contributed by atoms with Crippen molar-refractivity contribution in [2.24, 2.45) is 5.73 Å². The minimum absolute atomic E-state index is 0.133. The molecule has 1 aromatic heterocycles. The lowest BCUT2D eigenvalue weighted by molar-refractivity contribution is -0.119. The molecule has 3 heterocycles. The summed E-state index contributed by atoms with van der Waals surface area (Å²) in [6.45, 7) is 5.09. The predicted octanol–water partition coefficient (Wildman–Crippen LogP) is 3.31. The lowest BCUT2D eigenvalue weighted by atomic mass is 10.0. The summed E-state index contributed by atoms with van der Waals surface area (Å²) >= 11 is 0. The predicted molar refractivity (Wildman–Crippen MR) is 130 cm³/mol. The standard InChI is InChI=1S/C26H27N5O3/c1-16-6-5-7-21(17(16)2)31-24-20(23(28-31)25(27)33)13-15-30(26(24)34)19-11-9-18(10-12-19)29-14-4-3-8-22(29)32/h5-7,9-12H,3-4,8,13-15H2,1-2H3,(H2,27,33). The molecule has 0 bridgehead atoms. The monoisotopic (exact) mass is 457 g/mol. The van der Waals surface area contributed by atoms with Crippen LogP contribution in [0.25, 0.3) is 5.69 Å². The van der Waals surface area contributed by atoms with Gasteiger partial charge in [0.05, 0.1) is 5.69 Å². The molecule has 0 aliphatic carbocycles. The van der Waals surface area contributed by atoms with Gasteiger partial charge in [-0.3, -0.25) is 14.4 Å². The zero-order valence-electron chi connectivity index (χ0n) is 19.4. The Hall–Kier alpha value is -3.94. The van der Waals surface area contributed by atoms with Gasteiger partial charge in [0.2, 0.25) is 5.91 Å². The summed E-state index contributed by atoms with van der Waals surface area (Å²) in [5, 5.41) is 4.48. The number of benzene rings is 2. The van der Waals surface area contributed by atoms with Gasteiger partial charge in [0.25, 0.3) is 11.8 Å². The third-order valence-corrected chi connectivity index (χ3v) is 6.85. The number of hydrogen-bond donors (Lipinski definition) is 1. The van der Waals surface area contributed by atoms with Crippen LogP contribution in [0.3, 0.4) is 0 Å². The number of amides is 3. The quantitative estimate of drug-likeness (QED) is 0.649. The fourth-order valence-electron chi connectivity index (χ4n) is 4.83. The maximum absolute atomic E-state index is 13.7. The highest BCUT2D eigenvalue weighted by molar-refractivity contribution is 6.09. The largest absolute Gasteiger partial charge is 0.364 e. The number of primary amides is 1.